The molecule has 0 aliphatic carbocycles. The number of carbonyl (C=O) groups excluding carboxylic acids is 1. The van der Waals surface area contributed by atoms with Crippen molar-refractivity contribution >= 4 is 46.7 Å². The van der Waals surface area contributed by atoms with Gasteiger partial charge in [0.25, 0.3) is 11.9 Å². The van der Waals surface area contributed by atoms with Crippen LogP contribution >= 0.6 is 23.2 Å². The molecule has 3 aromatic carbocycles. The van der Waals surface area contributed by atoms with Gasteiger partial charge in [0.1, 0.15) is 11.9 Å². The summed E-state index contributed by atoms with van der Waals surface area (Å²) in [6.07, 6.45) is 2.01. The predicted molar refractivity (Wildman–Crippen MR) is 127 cm³/mol. The van der Waals surface area contributed by atoms with Gasteiger partial charge in [-0.1, -0.05) is 47.5 Å². The van der Waals surface area contributed by atoms with Gasteiger partial charge in [0.2, 0.25) is 5.95 Å². The quantitative estimate of drug-likeness (QED) is 0.374. The Morgan fingerprint density at radius 1 is 0.939 bits per heavy atom. The second-order valence-electron chi connectivity index (χ2n) is 7.37. The van der Waals surface area contributed by atoms with Crippen LogP contribution in [0.25, 0.3) is 5.70 Å². The highest BCUT2D eigenvalue weighted by molar-refractivity contribution is 6.30. The van der Waals surface area contributed by atoms with Crippen LogP contribution in [0.3, 0.4) is 0 Å². The van der Waals surface area contributed by atoms with E-state index in [4.69, 9.17) is 23.2 Å². The Balaban J connectivity index is 1.50. The van der Waals surface area contributed by atoms with Crippen LogP contribution in [-0.4, -0.2) is 20.7 Å². The Labute approximate surface area is 198 Å². The van der Waals surface area contributed by atoms with E-state index in [1.54, 1.807) is 4.68 Å². The zero-order valence-electron chi connectivity index (χ0n) is 17.0. The number of benzene rings is 3. The van der Waals surface area contributed by atoms with E-state index in [9.17, 15) is 9.18 Å². The van der Waals surface area contributed by atoms with Gasteiger partial charge >= 0.3 is 0 Å². The first kappa shape index (κ1) is 21.2. The fourth-order valence-corrected chi connectivity index (χ4v) is 3.77. The van der Waals surface area contributed by atoms with Crippen molar-refractivity contribution in [2.45, 2.75) is 6.04 Å². The van der Waals surface area contributed by atoms with Gasteiger partial charge in [-0.15, -0.1) is 5.10 Å². The van der Waals surface area contributed by atoms with E-state index < -0.39 is 11.7 Å². The lowest BCUT2D eigenvalue weighted by molar-refractivity contribution is 0.102. The standard InChI is InChI=1S/C24H16Cl2FN5O/c25-17-7-1-14(2-8-17)20-13-21(15-3-9-18(26)10-4-15)32-24(28-20)30-23(31-32)29-22(33)16-5-11-19(27)12-6-16/h1-13,21H,(H2,28,29,30,31,33)/t21-/m1/s1. The Kier molecular flexibility index (Phi) is 5.58. The molecule has 2 heterocycles. The molecule has 0 fully saturated rings. The number of carbonyl (C=O) groups is 1. The van der Waals surface area contributed by atoms with Crippen molar-refractivity contribution in [2.24, 2.45) is 0 Å². The highest BCUT2D eigenvalue weighted by Gasteiger charge is 2.26. The number of nitrogens with one attached hydrogen (secondary N) is 2. The molecular weight excluding hydrogens is 464 g/mol. The third kappa shape index (κ3) is 4.46. The van der Waals surface area contributed by atoms with Gasteiger partial charge in [-0.2, -0.15) is 4.98 Å². The molecule has 0 radical (unpaired) electrons. The number of amides is 1. The second kappa shape index (κ2) is 8.69. The summed E-state index contributed by atoms with van der Waals surface area (Å²) in [5.74, 6) is -0.279. The van der Waals surface area contributed by atoms with Gasteiger partial charge in [0.05, 0.1) is 0 Å². The lowest BCUT2D eigenvalue weighted by Crippen LogP contribution is -2.20. The molecule has 2 N–H and O–H groups in total. The van der Waals surface area contributed by atoms with Crippen molar-refractivity contribution in [3.8, 4) is 0 Å². The SMILES string of the molecule is O=C(Nc1nc2n(n1)[C@@H](c1ccc(Cl)cc1)C=C(c1ccc(Cl)cc1)N2)c1ccc(F)cc1. The molecule has 5 rings (SSSR count). The van der Waals surface area contributed by atoms with Gasteiger partial charge in [0.15, 0.2) is 0 Å². The van der Waals surface area contributed by atoms with E-state index in [0.29, 0.717) is 21.6 Å². The molecule has 33 heavy (non-hydrogen) atoms. The Hall–Kier alpha value is -3.68. The maximum atomic E-state index is 13.2. The van der Waals surface area contributed by atoms with E-state index in [1.807, 2.05) is 54.6 Å². The largest absolute Gasteiger partial charge is 0.324 e. The summed E-state index contributed by atoms with van der Waals surface area (Å²) in [5.41, 5.74) is 2.98. The van der Waals surface area contributed by atoms with Crippen LogP contribution in [0.15, 0.2) is 78.9 Å². The molecule has 1 aliphatic rings. The molecule has 4 aromatic rings. The van der Waals surface area contributed by atoms with Gasteiger partial charge in [-0.05, 0) is 65.7 Å². The molecule has 0 bridgehead atoms. The van der Waals surface area contributed by atoms with Crippen LogP contribution in [0.4, 0.5) is 16.3 Å². The van der Waals surface area contributed by atoms with Crippen LogP contribution in [0, 0.1) is 5.82 Å². The molecule has 1 aliphatic heterocycles. The number of nitrogens with zero attached hydrogens (tertiary/aromatic N) is 3. The minimum atomic E-state index is -0.438. The lowest BCUT2D eigenvalue weighted by Gasteiger charge is -2.24. The van der Waals surface area contributed by atoms with Crippen molar-refractivity contribution in [3.05, 3.63) is 111 Å². The van der Waals surface area contributed by atoms with Crippen LogP contribution in [0.5, 0.6) is 0 Å². The summed E-state index contributed by atoms with van der Waals surface area (Å²) < 4.78 is 14.9. The first-order valence-electron chi connectivity index (χ1n) is 10.00. The third-order valence-corrected chi connectivity index (χ3v) is 5.67. The Morgan fingerprint density at radius 3 is 2.24 bits per heavy atom. The summed E-state index contributed by atoms with van der Waals surface area (Å²) in [4.78, 5) is 17.0. The van der Waals surface area contributed by atoms with Crippen molar-refractivity contribution in [3.63, 3.8) is 0 Å². The minimum Gasteiger partial charge on any atom is -0.324 e. The van der Waals surface area contributed by atoms with Crippen molar-refractivity contribution < 1.29 is 9.18 Å². The topological polar surface area (TPSA) is 71.8 Å². The van der Waals surface area contributed by atoms with Crippen molar-refractivity contribution in [1.82, 2.24) is 14.8 Å². The van der Waals surface area contributed by atoms with Gasteiger partial charge < -0.3 is 5.32 Å². The summed E-state index contributed by atoms with van der Waals surface area (Å²) in [6, 6.07) is 19.8. The monoisotopic (exact) mass is 479 g/mol. The number of aromatic nitrogens is 3. The fraction of sp³-hybridized carbons (Fsp3) is 0.0417. The molecule has 0 saturated carbocycles. The zero-order chi connectivity index (χ0) is 22.9. The van der Waals surface area contributed by atoms with E-state index in [1.165, 1.54) is 24.3 Å². The number of halogens is 3. The maximum absolute atomic E-state index is 13.2. The number of hydrogen-bond donors (Lipinski definition) is 2. The highest BCUT2D eigenvalue weighted by Crippen LogP contribution is 2.34. The van der Waals surface area contributed by atoms with Gasteiger partial charge in [0, 0.05) is 21.3 Å². The normalized spacial score (nSPS) is 14.8. The number of anilines is 2. The van der Waals surface area contributed by atoms with Crippen LogP contribution < -0.4 is 10.6 Å². The molecule has 6 nitrogen and oxygen atoms in total. The Morgan fingerprint density at radius 2 is 1.58 bits per heavy atom. The highest BCUT2D eigenvalue weighted by atomic mass is 35.5. The number of rotatable bonds is 4. The lowest BCUT2D eigenvalue weighted by atomic mass is 10.0. The maximum Gasteiger partial charge on any atom is 0.258 e. The summed E-state index contributed by atoms with van der Waals surface area (Å²) in [6.45, 7) is 0. The number of fused-ring (bicyclic) bond motifs is 1. The summed E-state index contributed by atoms with van der Waals surface area (Å²) in [7, 11) is 0. The average Bonchev–Trinajstić information content (AvgIpc) is 3.22. The van der Waals surface area contributed by atoms with Crippen molar-refractivity contribution in [1.29, 1.82) is 0 Å². The summed E-state index contributed by atoms with van der Waals surface area (Å²) >= 11 is 12.1. The molecular formula is C24H16Cl2FN5O. The molecule has 1 amide bonds. The van der Waals surface area contributed by atoms with Crippen LogP contribution in [0.1, 0.15) is 27.5 Å². The predicted octanol–water partition coefficient (Wildman–Crippen LogP) is 6.03. The first-order chi connectivity index (χ1) is 16.0. The smallest absolute Gasteiger partial charge is 0.258 e. The molecule has 0 saturated heterocycles. The van der Waals surface area contributed by atoms with Crippen molar-refractivity contribution in [2.75, 3.05) is 10.6 Å². The van der Waals surface area contributed by atoms with Crippen LogP contribution in [-0.2, 0) is 0 Å². The second-order valence-corrected chi connectivity index (χ2v) is 8.25. The average molecular weight is 480 g/mol. The minimum absolute atomic E-state index is 0.122. The van der Waals surface area contributed by atoms with E-state index in [-0.39, 0.29) is 12.0 Å². The third-order valence-electron chi connectivity index (χ3n) is 5.16. The van der Waals surface area contributed by atoms with Gasteiger partial charge in [-0.25, -0.2) is 9.07 Å². The first-order valence-corrected chi connectivity index (χ1v) is 10.8. The molecule has 0 spiro atoms. The summed E-state index contributed by atoms with van der Waals surface area (Å²) in [5, 5.41) is 11.7. The molecule has 9 heteroatoms. The number of allylic oxidation sites excluding steroid dienone is 1. The fourth-order valence-electron chi connectivity index (χ4n) is 3.52. The van der Waals surface area contributed by atoms with E-state index in [2.05, 4.69) is 20.7 Å². The van der Waals surface area contributed by atoms with E-state index in [0.717, 1.165) is 16.8 Å². The Bertz CT molecular complexity index is 1350. The van der Waals surface area contributed by atoms with Crippen LogP contribution in [0.2, 0.25) is 10.0 Å². The zero-order valence-corrected chi connectivity index (χ0v) is 18.5. The molecule has 1 atom stereocenters. The molecule has 164 valence electrons. The molecule has 0 unspecified atom stereocenters. The van der Waals surface area contributed by atoms with Gasteiger partial charge in [-0.3, -0.25) is 10.1 Å². The number of hydrogen-bond acceptors (Lipinski definition) is 4. The van der Waals surface area contributed by atoms with E-state index >= 15 is 0 Å². The molecule has 1 aromatic heterocycles.